The lowest BCUT2D eigenvalue weighted by atomic mass is 9.45. The Morgan fingerprint density at radius 1 is 1.06 bits per heavy atom. The Morgan fingerprint density at radius 2 is 1.81 bits per heavy atom. The molecule has 8 atom stereocenters. The van der Waals surface area contributed by atoms with Crippen molar-refractivity contribution in [3.8, 4) is 0 Å². The Balaban J connectivity index is 1.20. The first kappa shape index (κ1) is 37.0. The van der Waals surface area contributed by atoms with Crippen LogP contribution in [0.3, 0.4) is 0 Å². The zero-order valence-electron chi connectivity index (χ0n) is 26.4. The van der Waals surface area contributed by atoms with E-state index in [1.54, 1.807) is 13.0 Å². The van der Waals surface area contributed by atoms with Crippen LogP contribution < -0.4 is 5.32 Å². The van der Waals surface area contributed by atoms with Crippen LogP contribution in [-0.4, -0.2) is 105 Å². The van der Waals surface area contributed by atoms with Crippen molar-refractivity contribution in [1.29, 1.82) is 0 Å². The number of halogens is 1. The summed E-state index contributed by atoms with van der Waals surface area (Å²) in [5, 5.41) is 47.1. The van der Waals surface area contributed by atoms with Crippen molar-refractivity contribution in [2.75, 3.05) is 26.4 Å². The Morgan fingerprint density at radius 3 is 2.51 bits per heavy atom. The van der Waals surface area contributed by atoms with E-state index in [2.05, 4.69) is 15.0 Å². The van der Waals surface area contributed by atoms with Crippen molar-refractivity contribution in [3.63, 3.8) is 0 Å². The average Bonchev–Trinajstić information content (AvgIpc) is 3.34. The number of carbonyl (C=O) groups is 4. The second-order valence-corrected chi connectivity index (χ2v) is 13.1. The van der Waals surface area contributed by atoms with Gasteiger partial charge in [-0.15, -0.1) is 0 Å². The molecule has 0 aromatic rings. The number of alkyl halides is 1. The highest BCUT2D eigenvalue weighted by Crippen LogP contribution is 2.68. The minimum absolute atomic E-state index is 0.0463. The highest BCUT2D eigenvalue weighted by Gasteiger charge is 2.70. The Labute approximate surface area is 270 Å². The van der Waals surface area contributed by atoms with E-state index in [0.717, 1.165) is 0 Å². The third-order valence-corrected chi connectivity index (χ3v) is 10.6. The minimum atomic E-state index is -1.99. The van der Waals surface area contributed by atoms with Crippen LogP contribution in [0.4, 0.5) is 9.18 Å². The van der Waals surface area contributed by atoms with Gasteiger partial charge in [0.2, 0.25) is 0 Å². The van der Waals surface area contributed by atoms with Crippen LogP contribution in [-0.2, 0) is 33.5 Å². The lowest BCUT2D eigenvalue weighted by molar-refractivity contribution is -0.527. The largest absolute Gasteiger partial charge is 0.464 e. The lowest BCUT2D eigenvalue weighted by Crippen LogP contribution is -2.66. The summed E-state index contributed by atoms with van der Waals surface area (Å²) < 4.78 is 27.2. The number of ether oxygens (including phenoxy) is 2. The standard InChI is InChI=1S/C30H44FN3O13/c1-28-14-25(37)30(31)22(7-6-18-13-19(35)10-11-29(18,30)2)21(28)8-9-23(28)24(36)17-45-27(39)32-15-26(38)44-12-4-3-5-20(47-34(42)43)16-46-33(40)41/h10-11,13,20-23,25,37,40-43H,3-9,12,14-17H2,1-2H3,(H,32,39)/t20?,21?,22-,23?,25-,28-,29-,30?/m0/s1. The molecule has 3 saturated carbocycles. The molecule has 0 spiro atoms. The Hall–Kier alpha value is -2.87. The molecule has 0 bridgehead atoms. The molecule has 0 aliphatic heterocycles. The topological polar surface area (TPSA) is 225 Å². The van der Waals surface area contributed by atoms with Crippen molar-refractivity contribution in [2.24, 2.45) is 28.6 Å². The van der Waals surface area contributed by atoms with Gasteiger partial charge in [0.05, 0.1) is 23.5 Å². The van der Waals surface area contributed by atoms with Gasteiger partial charge in [0.15, 0.2) is 23.8 Å². The van der Waals surface area contributed by atoms with Gasteiger partial charge < -0.3 is 19.9 Å². The van der Waals surface area contributed by atoms with Gasteiger partial charge in [-0.05, 0) is 81.8 Å². The second-order valence-electron chi connectivity index (χ2n) is 13.1. The van der Waals surface area contributed by atoms with E-state index in [0.29, 0.717) is 44.1 Å². The van der Waals surface area contributed by atoms with E-state index in [4.69, 9.17) is 30.3 Å². The highest BCUT2D eigenvalue weighted by atomic mass is 19.1. The molecular weight excluding hydrogens is 629 g/mol. The summed E-state index contributed by atoms with van der Waals surface area (Å²) in [6.45, 7) is 2.08. The zero-order valence-corrected chi connectivity index (χ0v) is 26.4. The Kier molecular flexibility index (Phi) is 11.9. The molecule has 6 N–H and O–H groups in total. The fourth-order valence-electron chi connectivity index (χ4n) is 8.33. The molecule has 17 heteroatoms. The number of amides is 1. The molecule has 264 valence electrons. The van der Waals surface area contributed by atoms with Crippen LogP contribution >= 0.6 is 0 Å². The van der Waals surface area contributed by atoms with Crippen LogP contribution in [0.2, 0.25) is 0 Å². The molecule has 0 heterocycles. The molecular formula is C30H44FN3O13. The summed E-state index contributed by atoms with van der Waals surface area (Å²) >= 11 is 0. The van der Waals surface area contributed by atoms with E-state index >= 15 is 4.39 Å². The summed E-state index contributed by atoms with van der Waals surface area (Å²) in [5.41, 5.74) is -3.13. The van der Waals surface area contributed by atoms with Gasteiger partial charge in [0.1, 0.15) is 19.3 Å². The number of hydrogen-bond acceptors (Lipinski definition) is 15. The summed E-state index contributed by atoms with van der Waals surface area (Å²) in [5.74, 6) is -2.57. The number of nitrogens with zero attached hydrogens (tertiary/aromatic N) is 2. The van der Waals surface area contributed by atoms with E-state index < -0.39 is 83.1 Å². The number of carbonyl (C=O) groups excluding carboxylic acids is 4. The van der Waals surface area contributed by atoms with Crippen LogP contribution in [0.1, 0.15) is 65.2 Å². The molecule has 0 aromatic carbocycles. The molecule has 1 amide bonds. The van der Waals surface area contributed by atoms with Crippen molar-refractivity contribution < 1.29 is 68.7 Å². The van der Waals surface area contributed by atoms with E-state index in [-0.39, 0.29) is 36.9 Å². The number of aliphatic hydroxyl groups excluding tert-OH is 1. The summed E-state index contributed by atoms with van der Waals surface area (Å²) in [6.07, 6.45) is 4.00. The first-order valence-corrected chi connectivity index (χ1v) is 15.7. The SMILES string of the molecule is C[C@]12C[C@H](O)C3(F)[C@@H](CCC4=CC(=O)C=C[C@@]43C)C1CCC2C(=O)COC(=O)NCC(=O)OCCCCC(CON(O)O)ON(O)O. The summed E-state index contributed by atoms with van der Waals surface area (Å²) in [4.78, 5) is 58.5. The quantitative estimate of drug-likeness (QED) is 0.0834. The molecule has 4 rings (SSSR count). The van der Waals surface area contributed by atoms with Gasteiger partial charge in [-0.1, -0.05) is 18.6 Å². The molecule has 47 heavy (non-hydrogen) atoms. The predicted octanol–water partition coefficient (Wildman–Crippen LogP) is 2.37. The van der Waals surface area contributed by atoms with Gasteiger partial charge >= 0.3 is 12.1 Å². The first-order chi connectivity index (χ1) is 22.1. The number of unbranched alkanes of at least 4 members (excludes halogenated alkanes) is 1. The van der Waals surface area contributed by atoms with Gasteiger partial charge in [0.25, 0.3) is 0 Å². The molecule has 3 fully saturated rings. The van der Waals surface area contributed by atoms with E-state index in [1.165, 1.54) is 12.2 Å². The second kappa shape index (κ2) is 15.1. The first-order valence-electron chi connectivity index (χ1n) is 15.7. The third-order valence-electron chi connectivity index (χ3n) is 10.6. The molecule has 0 saturated heterocycles. The van der Waals surface area contributed by atoms with Crippen molar-refractivity contribution in [3.05, 3.63) is 23.8 Å². The maximum absolute atomic E-state index is 17.1. The molecule has 4 unspecified atom stereocenters. The Bertz CT molecular complexity index is 1250. The zero-order chi connectivity index (χ0) is 34.6. The molecule has 16 nitrogen and oxygen atoms in total. The number of aliphatic hydroxyl groups is 1. The van der Waals surface area contributed by atoms with Crippen molar-refractivity contribution >= 4 is 23.6 Å². The fourth-order valence-corrected chi connectivity index (χ4v) is 8.33. The number of hydrogen-bond donors (Lipinski definition) is 6. The monoisotopic (exact) mass is 673 g/mol. The number of alkyl carbamates (subject to hydrolysis) is 1. The smallest absolute Gasteiger partial charge is 0.408 e. The van der Waals surface area contributed by atoms with Crippen LogP contribution in [0.25, 0.3) is 0 Å². The number of Topliss-reactive ketones (excluding diaryl/α,β-unsaturated/α-hetero) is 1. The van der Waals surface area contributed by atoms with Crippen LogP contribution in [0.15, 0.2) is 23.8 Å². The predicted molar refractivity (Wildman–Crippen MR) is 153 cm³/mol. The maximum Gasteiger partial charge on any atom is 0.408 e. The molecule has 4 aliphatic rings. The fraction of sp³-hybridized carbons (Fsp3) is 0.733. The normalized spacial score (nSPS) is 33.5. The van der Waals surface area contributed by atoms with Crippen LogP contribution in [0, 0.1) is 28.6 Å². The summed E-state index contributed by atoms with van der Waals surface area (Å²) in [7, 11) is 0. The van der Waals surface area contributed by atoms with Gasteiger partial charge in [-0.2, -0.15) is 0 Å². The van der Waals surface area contributed by atoms with E-state index in [9.17, 15) is 24.3 Å². The third kappa shape index (κ3) is 7.90. The minimum Gasteiger partial charge on any atom is -0.464 e. The van der Waals surface area contributed by atoms with Gasteiger partial charge in [0, 0.05) is 17.3 Å². The number of fused-ring (bicyclic) bond motifs is 5. The van der Waals surface area contributed by atoms with Crippen molar-refractivity contribution in [1.82, 2.24) is 16.1 Å². The summed E-state index contributed by atoms with van der Waals surface area (Å²) in [6, 6.07) is 0. The highest BCUT2D eigenvalue weighted by molar-refractivity contribution is 6.01. The molecule has 4 aliphatic carbocycles. The van der Waals surface area contributed by atoms with Gasteiger partial charge in [-0.3, -0.25) is 35.2 Å². The maximum atomic E-state index is 17.1. The van der Waals surface area contributed by atoms with Crippen LogP contribution in [0.5, 0.6) is 0 Å². The molecule has 0 aromatic heterocycles. The average molecular weight is 674 g/mol. The van der Waals surface area contributed by atoms with Gasteiger partial charge in [-0.25, -0.2) is 18.9 Å². The number of nitrogens with one attached hydrogen (secondary N) is 1. The van der Waals surface area contributed by atoms with E-state index in [1.807, 2.05) is 6.92 Å². The van der Waals surface area contributed by atoms with Crippen molar-refractivity contribution in [2.45, 2.75) is 83.1 Å². The number of esters is 1. The number of allylic oxidation sites excluding steroid dienone is 4. The number of ketones is 2. The number of rotatable bonds is 15. The lowest BCUT2D eigenvalue weighted by Gasteiger charge is -2.62. The molecule has 0 radical (unpaired) electrons.